The molecule has 7 nitrogen and oxygen atoms in total. The van der Waals surface area contributed by atoms with E-state index < -0.39 is 33.9 Å². The Morgan fingerprint density at radius 3 is 2.22 bits per heavy atom. The lowest BCUT2D eigenvalue weighted by Gasteiger charge is -2.33. The number of methoxy groups -OCH3 is 1. The molecule has 9 heteroatoms. The highest BCUT2D eigenvalue weighted by molar-refractivity contribution is 7.89. The van der Waals surface area contributed by atoms with Crippen molar-refractivity contribution in [1.82, 2.24) is 9.21 Å². The maximum Gasteiger partial charge on any atom is 0.256 e. The van der Waals surface area contributed by atoms with Gasteiger partial charge in [0.15, 0.2) is 0 Å². The number of sulfonamides is 1. The largest absolute Gasteiger partial charge is 0.395 e. The summed E-state index contributed by atoms with van der Waals surface area (Å²) >= 11 is 0. The molecule has 0 saturated heterocycles. The number of carbonyl (C=O) groups is 1. The van der Waals surface area contributed by atoms with Gasteiger partial charge in [0, 0.05) is 33.3 Å². The lowest BCUT2D eigenvalue weighted by molar-refractivity contribution is 0.0220. The molecule has 3 atom stereocenters. The topological polar surface area (TPSA) is 87.2 Å². The zero-order valence-corrected chi connectivity index (χ0v) is 19.6. The molecule has 0 aliphatic heterocycles. The summed E-state index contributed by atoms with van der Waals surface area (Å²) in [4.78, 5) is 14.1. The summed E-state index contributed by atoms with van der Waals surface area (Å²) in [5, 5.41) is 9.67. The van der Waals surface area contributed by atoms with Gasteiger partial charge in [0.1, 0.15) is 5.82 Å². The molecular weight excluding hydrogens is 435 g/mol. The fourth-order valence-corrected chi connectivity index (χ4v) is 5.16. The van der Waals surface area contributed by atoms with E-state index in [0.717, 1.165) is 0 Å². The molecule has 2 aromatic rings. The maximum atomic E-state index is 14.0. The van der Waals surface area contributed by atoms with E-state index in [4.69, 9.17) is 4.74 Å². The number of hydrogen-bond acceptors (Lipinski definition) is 5. The molecule has 0 unspecified atom stereocenters. The number of aliphatic hydroxyl groups excluding tert-OH is 1. The van der Waals surface area contributed by atoms with Gasteiger partial charge in [0.05, 0.1) is 23.2 Å². The summed E-state index contributed by atoms with van der Waals surface area (Å²) in [7, 11) is -0.831. The third kappa shape index (κ3) is 6.13. The standard InChI is InChI=1S/C23H31FN2O5S/c1-17(14-26(18(2)16-27)32(29,30)19-10-6-5-7-11-19)22(31-4)15-25(3)23(28)20-12-8-9-13-21(20)24/h5-13,17-18,22,27H,14-16H2,1-4H3/t17-,18-,22-/m1/s1. The third-order valence-corrected chi connectivity index (χ3v) is 7.41. The van der Waals surface area contributed by atoms with Crippen molar-refractivity contribution in [3.63, 3.8) is 0 Å². The number of carbonyl (C=O) groups excluding carboxylic acids is 1. The van der Waals surface area contributed by atoms with Gasteiger partial charge in [-0.15, -0.1) is 0 Å². The summed E-state index contributed by atoms with van der Waals surface area (Å²) < 4.78 is 47.2. The summed E-state index contributed by atoms with van der Waals surface area (Å²) in [6, 6.07) is 13.1. The normalized spacial score (nSPS) is 14.7. The van der Waals surface area contributed by atoms with Crippen LogP contribution in [0.4, 0.5) is 4.39 Å². The molecule has 1 N–H and O–H groups in total. The number of aliphatic hydroxyl groups is 1. The molecule has 0 bridgehead atoms. The summed E-state index contributed by atoms with van der Waals surface area (Å²) in [6.07, 6.45) is -0.518. The monoisotopic (exact) mass is 466 g/mol. The van der Waals surface area contributed by atoms with E-state index in [2.05, 4.69) is 0 Å². The van der Waals surface area contributed by atoms with E-state index in [0.29, 0.717) is 0 Å². The minimum absolute atomic E-state index is 0.0420. The van der Waals surface area contributed by atoms with Crippen molar-refractivity contribution >= 4 is 15.9 Å². The highest BCUT2D eigenvalue weighted by Gasteiger charge is 2.33. The smallest absolute Gasteiger partial charge is 0.256 e. The average molecular weight is 467 g/mol. The van der Waals surface area contributed by atoms with Gasteiger partial charge in [-0.3, -0.25) is 4.79 Å². The Labute approximate surface area is 189 Å². The highest BCUT2D eigenvalue weighted by atomic mass is 32.2. The van der Waals surface area contributed by atoms with E-state index in [1.54, 1.807) is 38.2 Å². The molecule has 0 fully saturated rings. The lowest BCUT2D eigenvalue weighted by atomic mass is 10.0. The van der Waals surface area contributed by atoms with Gasteiger partial charge in [-0.25, -0.2) is 12.8 Å². The second-order valence-electron chi connectivity index (χ2n) is 7.84. The molecule has 0 heterocycles. The Bertz CT molecular complexity index is 987. The van der Waals surface area contributed by atoms with Crippen LogP contribution >= 0.6 is 0 Å². The van der Waals surface area contributed by atoms with Crippen molar-refractivity contribution < 1.29 is 27.4 Å². The average Bonchev–Trinajstić information content (AvgIpc) is 2.80. The Morgan fingerprint density at radius 2 is 1.66 bits per heavy atom. The number of rotatable bonds is 11. The molecule has 0 radical (unpaired) electrons. The first kappa shape index (κ1) is 25.9. The van der Waals surface area contributed by atoms with Crippen molar-refractivity contribution in [2.75, 3.05) is 33.9 Å². The van der Waals surface area contributed by atoms with Crippen molar-refractivity contribution in [1.29, 1.82) is 0 Å². The number of hydrogen-bond donors (Lipinski definition) is 1. The molecule has 0 aromatic heterocycles. The fourth-order valence-electron chi connectivity index (χ4n) is 3.42. The van der Waals surface area contributed by atoms with E-state index in [1.165, 1.54) is 46.6 Å². The molecule has 0 aliphatic carbocycles. The van der Waals surface area contributed by atoms with Crippen molar-refractivity contribution in [2.45, 2.75) is 30.9 Å². The first-order chi connectivity index (χ1) is 15.1. The third-order valence-electron chi connectivity index (χ3n) is 5.42. The van der Waals surface area contributed by atoms with E-state index in [1.807, 2.05) is 6.92 Å². The molecule has 2 rings (SSSR count). The van der Waals surface area contributed by atoms with E-state index in [-0.39, 0.29) is 36.1 Å². The predicted octanol–water partition coefficient (Wildman–Crippen LogP) is 2.62. The van der Waals surface area contributed by atoms with Gasteiger partial charge in [-0.2, -0.15) is 4.31 Å². The fraction of sp³-hybridized carbons (Fsp3) is 0.435. The summed E-state index contributed by atoms with van der Waals surface area (Å²) in [5.74, 6) is -1.43. The molecule has 0 aliphatic rings. The first-order valence-electron chi connectivity index (χ1n) is 10.3. The van der Waals surface area contributed by atoms with Gasteiger partial charge in [-0.1, -0.05) is 37.3 Å². The summed E-state index contributed by atoms with van der Waals surface area (Å²) in [6.45, 7) is 3.30. The number of amides is 1. The number of benzene rings is 2. The number of ether oxygens (including phenoxy) is 1. The Hall–Kier alpha value is -2.33. The minimum atomic E-state index is -3.85. The Morgan fingerprint density at radius 1 is 1.06 bits per heavy atom. The van der Waals surface area contributed by atoms with Crippen molar-refractivity contribution in [3.8, 4) is 0 Å². The number of likely N-dealkylation sites (N-methyl/N-ethyl adjacent to an activating group) is 1. The van der Waals surface area contributed by atoms with Crippen LogP contribution in [0.2, 0.25) is 0 Å². The Kier molecular flexibility index (Phi) is 9.33. The SMILES string of the molecule is CO[C@H](CN(C)C(=O)c1ccccc1F)[C@H](C)CN([C@H](C)CO)S(=O)(=O)c1ccccc1. The van der Waals surface area contributed by atoms with Crippen molar-refractivity contribution in [3.05, 3.63) is 66.0 Å². The first-order valence-corrected chi connectivity index (χ1v) is 11.8. The molecule has 176 valence electrons. The quantitative estimate of drug-likeness (QED) is 0.550. The van der Waals surface area contributed by atoms with Crippen LogP contribution in [-0.2, 0) is 14.8 Å². The van der Waals surface area contributed by atoms with E-state index in [9.17, 15) is 22.7 Å². The molecule has 2 aromatic carbocycles. The van der Waals surface area contributed by atoms with Gasteiger partial charge in [0.25, 0.3) is 5.91 Å². The Balaban J connectivity index is 2.19. The van der Waals surface area contributed by atoms with Gasteiger partial charge in [-0.05, 0) is 37.1 Å². The van der Waals surface area contributed by atoms with Crippen LogP contribution in [0.1, 0.15) is 24.2 Å². The predicted molar refractivity (Wildman–Crippen MR) is 120 cm³/mol. The van der Waals surface area contributed by atoms with Crippen LogP contribution in [0.25, 0.3) is 0 Å². The zero-order chi connectivity index (χ0) is 23.9. The van der Waals surface area contributed by atoms with Gasteiger partial charge in [0.2, 0.25) is 10.0 Å². The molecule has 0 spiro atoms. The molecule has 0 saturated carbocycles. The second kappa shape index (κ2) is 11.5. The number of halogens is 1. The number of nitrogens with zero attached hydrogens (tertiary/aromatic N) is 2. The van der Waals surface area contributed by atoms with Crippen molar-refractivity contribution in [2.24, 2.45) is 5.92 Å². The van der Waals surface area contributed by atoms with Crippen LogP contribution in [-0.4, -0.2) is 74.6 Å². The van der Waals surface area contributed by atoms with Crippen LogP contribution in [0.3, 0.4) is 0 Å². The van der Waals surface area contributed by atoms with Crippen LogP contribution < -0.4 is 0 Å². The molecule has 1 amide bonds. The van der Waals surface area contributed by atoms with E-state index >= 15 is 0 Å². The summed E-state index contributed by atoms with van der Waals surface area (Å²) in [5.41, 5.74) is -0.0420. The van der Waals surface area contributed by atoms with Gasteiger partial charge < -0.3 is 14.7 Å². The molecule has 32 heavy (non-hydrogen) atoms. The zero-order valence-electron chi connectivity index (χ0n) is 18.8. The van der Waals surface area contributed by atoms with Crippen LogP contribution in [0.5, 0.6) is 0 Å². The second-order valence-corrected chi connectivity index (χ2v) is 9.73. The maximum absolute atomic E-state index is 14.0. The highest BCUT2D eigenvalue weighted by Crippen LogP contribution is 2.22. The minimum Gasteiger partial charge on any atom is -0.395 e. The van der Waals surface area contributed by atoms with Crippen LogP contribution in [0.15, 0.2) is 59.5 Å². The van der Waals surface area contributed by atoms with Gasteiger partial charge >= 0.3 is 0 Å². The lowest BCUT2D eigenvalue weighted by Crippen LogP contribution is -2.47. The molecular formula is C23H31FN2O5S. The van der Waals surface area contributed by atoms with Crippen LogP contribution in [0, 0.1) is 11.7 Å².